The molecular formula is C20H22N2O3. The van der Waals surface area contributed by atoms with Crippen molar-refractivity contribution in [3.8, 4) is 5.75 Å². The molecular weight excluding hydrogens is 316 g/mol. The van der Waals surface area contributed by atoms with Crippen molar-refractivity contribution in [2.24, 2.45) is 0 Å². The minimum atomic E-state index is -0.173. The molecule has 0 unspecified atom stereocenters. The number of likely N-dealkylation sites (tertiary alicyclic amines) is 1. The van der Waals surface area contributed by atoms with Crippen LogP contribution in [0.1, 0.15) is 24.8 Å². The van der Waals surface area contributed by atoms with E-state index in [-0.39, 0.29) is 18.4 Å². The molecule has 1 heterocycles. The molecule has 5 heteroatoms. The van der Waals surface area contributed by atoms with E-state index in [0.717, 1.165) is 24.2 Å². The summed E-state index contributed by atoms with van der Waals surface area (Å²) in [5.41, 5.74) is 1.80. The number of nitrogens with one attached hydrogen (secondary N) is 1. The van der Waals surface area contributed by atoms with Crippen LogP contribution in [0.4, 0.5) is 5.69 Å². The Labute approximate surface area is 147 Å². The molecule has 0 saturated carbocycles. The number of anilines is 1. The van der Waals surface area contributed by atoms with E-state index >= 15 is 0 Å². The predicted molar refractivity (Wildman–Crippen MR) is 96.3 cm³/mol. The van der Waals surface area contributed by atoms with Crippen molar-refractivity contribution in [1.29, 1.82) is 0 Å². The Morgan fingerprint density at radius 3 is 2.52 bits per heavy atom. The molecule has 130 valence electrons. The SMILES string of the molecule is O=C(CN1CCCCC1=O)Nc1ccc(OCc2ccccc2)cc1. The van der Waals surface area contributed by atoms with E-state index in [1.807, 2.05) is 42.5 Å². The summed E-state index contributed by atoms with van der Waals surface area (Å²) >= 11 is 0. The van der Waals surface area contributed by atoms with Crippen LogP contribution in [0.2, 0.25) is 0 Å². The molecule has 0 aromatic heterocycles. The van der Waals surface area contributed by atoms with Crippen LogP contribution in [-0.4, -0.2) is 29.8 Å². The van der Waals surface area contributed by atoms with Crippen LogP contribution in [0.25, 0.3) is 0 Å². The third-order valence-corrected chi connectivity index (χ3v) is 4.14. The summed E-state index contributed by atoms with van der Waals surface area (Å²) in [7, 11) is 0. The fourth-order valence-electron chi connectivity index (χ4n) is 2.78. The number of carbonyl (C=O) groups is 2. The topological polar surface area (TPSA) is 58.6 Å². The van der Waals surface area contributed by atoms with Crippen molar-refractivity contribution < 1.29 is 14.3 Å². The van der Waals surface area contributed by atoms with Crippen LogP contribution >= 0.6 is 0 Å². The Morgan fingerprint density at radius 1 is 1.04 bits per heavy atom. The van der Waals surface area contributed by atoms with Gasteiger partial charge < -0.3 is 15.0 Å². The van der Waals surface area contributed by atoms with Crippen molar-refractivity contribution in [2.45, 2.75) is 25.9 Å². The Balaban J connectivity index is 1.48. The Bertz CT molecular complexity index is 713. The third kappa shape index (κ3) is 5.08. The van der Waals surface area contributed by atoms with E-state index in [1.165, 1.54) is 0 Å². The number of benzene rings is 2. The highest BCUT2D eigenvalue weighted by Gasteiger charge is 2.20. The molecule has 1 N–H and O–H groups in total. The fourth-order valence-corrected chi connectivity index (χ4v) is 2.78. The average molecular weight is 338 g/mol. The molecule has 1 aliphatic heterocycles. The molecule has 2 amide bonds. The first-order chi connectivity index (χ1) is 12.2. The number of nitrogens with zero attached hydrogens (tertiary/aromatic N) is 1. The summed E-state index contributed by atoms with van der Waals surface area (Å²) < 4.78 is 5.72. The minimum absolute atomic E-state index is 0.0612. The Hall–Kier alpha value is -2.82. The average Bonchev–Trinajstić information content (AvgIpc) is 2.64. The lowest BCUT2D eigenvalue weighted by molar-refractivity contribution is -0.136. The highest BCUT2D eigenvalue weighted by molar-refractivity contribution is 5.94. The highest BCUT2D eigenvalue weighted by atomic mass is 16.5. The van der Waals surface area contributed by atoms with Crippen LogP contribution in [0.5, 0.6) is 5.75 Å². The summed E-state index contributed by atoms with van der Waals surface area (Å²) in [5.74, 6) is 0.632. The van der Waals surface area contributed by atoms with Crippen LogP contribution in [-0.2, 0) is 16.2 Å². The molecule has 0 radical (unpaired) electrons. The van der Waals surface area contributed by atoms with Crippen LogP contribution < -0.4 is 10.1 Å². The van der Waals surface area contributed by atoms with E-state index in [2.05, 4.69) is 5.32 Å². The second kappa shape index (κ2) is 8.33. The molecule has 3 rings (SSSR count). The summed E-state index contributed by atoms with van der Waals surface area (Å²) in [4.78, 5) is 25.5. The van der Waals surface area contributed by atoms with Gasteiger partial charge in [-0.1, -0.05) is 30.3 Å². The number of carbonyl (C=O) groups excluding carboxylic acids is 2. The summed E-state index contributed by atoms with van der Waals surface area (Å²) in [6.45, 7) is 1.28. The second-order valence-electron chi connectivity index (χ2n) is 6.12. The first kappa shape index (κ1) is 17.0. The second-order valence-corrected chi connectivity index (χ2v) is 6.12. The van der Waals surface area contributed by atoms with Crippen LogP contribution in [0, 0.1) is 0 Å². The molecule has 0 aliphatic carbocycles. The Kier molecular flexibility index (Phi) is 5.67. The highest BCUT2D eigenvalue weighted by Crippen LogP contribution is 2.17. The molecule has 2 aromatic carbocycles. The van der Waals surface area contributed by atoms with Gasteiger partial charge in [0, 0.05) is 18.7 Å². The molecule has 1 saturated heterocycles. The predicted octanol–water partition coefficient (Wildman–Crippen LogP) is 3.22. The van der Waals surface area contributed by atoms with Crippen LogP contribution in [0.3, 0.4) is 0 Å². The number of amides is 2. The van der Waals surface area contributed by atoms with Crippen molar-refractivity contribution >= 4 is 17.5 Å². The zero-order valence-electron chi connectivity index (χ0n) is 14.1. The van der Waals surface area contributed by atoms with Crippen molar-refractivity contribution in [2.75, 3.05) is 18.4 Å². The molecule has 0 spiro atoms. The van der Waals surface area contributed by atoms with Crippen molar-refractivity contribution in [3.63, 3.8) is 0 Å². The van der Waals surface area contributed by atoms with E-state index < -0.39 is 0 Å². The van der Waals surface area contributed by atoms with Gasteiger partial charge in [0.25, 0.3) is 0 Å². The standard InChI is InChI=1S/C20H22N2O3/c23-19(14-22-13-5-4-8-20(22)24)21-17-9-11-18(12-10-17)25-15-16-6-2-1-3-7-16/h1-3,6-7,9-12H,4-5,8,13-15H2,(H,21,23). The normalized spacial score (nSPS) is 14.2. The van der Waals surface area contributed by atoms with Gasteiger partial charge in [-0.2, -0.15) is 0 Å². The van der Waals surface area contributed by atoms with E-state index in [1.54, 1.807) is 17.0 Å². The largest absolute Gasteiger partial charge is 0.489 e. The smallest absolute Gasteiger partial charge is 0.243 e. The summed E-state index contributed by atoms with van der Waals surface area (Å²) in [5, 5.41) is 2.82. The molecule has 1 aliphatic rings. The van der Waals surface area contributed by atoms with Gasteiger partial charge in [-0.05, 0) is 42.7 Å². The monoisotopic (exact) mass is 338 g/mol. The summed E-state index contributed by atoms with van der Waals surface area (Å²) in [6, 6.07) is 17.2. The fraction of sp³-hybridized carbons (Fsp3) is 0.300. The molecule has 5 nitrogen and oxygen atoms in total. The van der Waals surface area contributed by atoms with Gasteiger partial charge in [-0.15, -0.1) is 0 Å². The van der Waals surface area contributed by atoms with Gasteiger partial charge in [0.1, 0.15) is 12.4 Å². The maximum absolute atomic E-state index is 12.1. The van der Waals surface area contributed by atoms with Gasteiger partial charge in [0.2, 0.25) is 11.8 Å². The molecule has 2 aromatic rings. The summed E-state index contributed by atoms with van der Waals surface area (Å²) in [6.07, 6.45) is 2.43. The quantitative estimate of drug-likeness (QED) is 0.880. The zero-order valence-corrected chi connectivity index (χ0v) is 14.1. The van der Waals surface area contributed by atoms with Gasteiger partial charge >= 0.3 is 0 Å². The van der Waals surface area contributed by atoms with Gasteiger partial charge in [-0.25, -0.2) is 0 Å². The number of hydrogen-bond acceptors (Lipinski definition) is 3. The molecule has 25 heavy (non-hydrogen) atoms. The van der Waals surface area contributed by atoms with Gasteiger partial charge in [0.15, 0.2) is 0 Å². The lowest BCUT2D eigenvalue weighted by Gasteiger charge is -2.25. The first-order valence-corrected chi connectivity index (χ1v) is 8.55. The van der Waals surface area contributed by atoms with Gasteiger partial charge in [-0.3, -0.25) is 9.59 Å². The lowest BCUT2D eigenvalue weighted by atomic mass is 10.1. The minimum Gasteiger partial charge on any atom is -0.489 e. The van der Waals surface area contributed by atoms with E-state index in [9.17, 15) is 9.59 Å². The zero-order chi connectivity index (χ0) is 17.5. The number of ether oxygens (including phenoxy) is 1. The van der Waals surface area contributed by atoms with E-state index in [4.69, 9.17) is 4.74 Å². The van der Waals surface area contributed by atoms with Crippen molar-refractivity contribution in [1.82, 2.24) is 4.90 Å². The van der Waals surface area contributed by atoms with Gasteiger partial charge in [0.05, 0.1) is 6.54 Å². The molecule has 1 fully saturated rings. The number of piperidine rings is 1. The molecule has 0 bridgehead atoms. The Morgan fingerprint density at radius 2 is 1.80 bits per heavy atom. The number of hydrogen-bond donors (Lipinski definition) is 1. The maximum Gasteiger partial charge on any atom is 0.243 e. The van der Waals surface area contributed by atoms with E-state index in [0.29, 0.717) is 25.3 Å². The number of rotatable bonds is 6. The molecule has 0 atom stereocenters. The maximum atomic E-state index is 12.1. The lowest BCUT2D eigenvalue weighted by Crippen LogP contribution is -2.40. The van der Waals surface area contributed by atoms with Crippen LogP contribution in [0.15, 0.2) is 54.6 Å². The first-order valence-electron chi connectivity index (χ1n) is 8.55. The van der Waals surface area contributed by atoms with Crippen molar-refractivity contribution in [3.05, 3.63) is 60.2 Å². The third-order valence-electron chi connectivity index (χ3n) is 4.14.